The topological polar surface area (TPSA) is 59.6 Å². The first-order chi connectivity index (χ1) is 10.3. The molecule has 1 rings (SSSR count). The van der Waals surface area contributed by atoms with E-state index in [1.54, 1.807) is 0 Å². The quantitative estimate of drug-likeness (QED) is 0.758. The largest absolute Gasteiger partial charge is 0.444 e. The average molecular weight is 314 g/mol. The molecule has 5 heteroatoms. The molecule has 2 unspecified atom stereocenters. The van der Waals surface area contributed by atoms with Gasteiger partial charge in [0, 0.05) is 25.7 Å². The molecule has 5 nitrogen and oxygen atoms in total. The third kappa shape index (κ3) is 9.26. The fraction of sp³-hybridized carbons (Fsp3) is 0.941. The molecule has 130 valence electrons. The maximum absolute atomic E-state index is 11.8. The Bertz CT molecular complexity index is 320. The number of nitrogens with one attached hydrogen (secondary N) is 2. The summed E-state index contributed by atoms with van der Waals surface area (Å²) in [6.07, 6.45) is 3.06. The minimum Gasteiger partial charge on any atom is -0.444 e. The van der Waals surface area contributed by atoms with Crippen molar-refractivity contribution < 1.29 is 14.3 Å². The van der Waals surface area contributed by atoms with E-state index in [1.807, 2.05) is 20.8 Å². The van der Waals surface area contributed by atoms with Crippen LogP contribution in [0.15, 0.2) is 0 Å². The summed E-state index contributed by atoms with van der Waals surface area (Å²) in [7, 11) is 0. The molecular formula is C17H34N2O3. The number of amides is 1. The molecule has 1 saturated heterocycles. The molecule has 22 heavy (non-hydrogen) atoms. The predicted molar refractivity (Wildman–Crippen MR) is 89.0 cm³/mol. The molecule has 1 fully saturated rings. The summed E-state index contributed by atoms with van der Waals surface area (Å²) in [5.74, 6) is 1.17. The van der Waals surface area contributed by atoms with Gasteiger partial charge in [-0.15, -0.1) is 0 Å². The highest BCUT2D eigenvalue weighted by Crippen LogP contribution is 2.13. The summed E-state index contributed by atoms with van der Waals surface area (Å²) in [5, 5.41) is 6.47. The zero-order valence-electron chi connectivity index (χ0n) is 14.9. The van der Waals surface area contributed by atoms with Gasteiger partial charge < -0.3 is 20.1 Å². The highest BCUT2D eigenvalue weighted by Gasteiger charge is 2.19. The van der Waals surface area contributed by atoms with Crippen LogP contribution in [-0.4, -0.2) is 44.0 Å². The summed E-state index contributed by atoms with van der Waals surface area (Å²) in [6, 6.07) is 0.273. The Balaban J connectivity index is 2.34. The van der Waals surface area contributed by atoms with Gasteiger partial charge in [0.05, 0.1) is 6.61 Å². The second-order valence-corrected chi connectivity index (χ2v) is 7.70. The van der Waals surface area contributed by atoms with E-state index in [4.69, 9.17) is 9.47 Å². The van der Waals surface area contributed by atoms with Crippen molar-refractivity contribution in [1.82, 2.24) is 10.6 Å². The van der Waals surface area contributed by atoms with E-state index in [1.165, 1.54) is 6.42 Å². The van der Waals surface area contributed by atoms with Gasteiger partial charge in [-0.25, -0.2) is 4.79 Å². The molecule has 0 aromatic carbocycles. The van der Waals surface area contributed by atoms with Crippen molar-refractivity contribution in [3.63, 3.8) is 0 Å². The standard InChI is InChI=1S/C17H34N2O3/c1-13(2)9-15(11-19-16(20)22-17(3,4)5)18-10-14-7-6-8-21-12-14/h13-15,18H,6-12H2,1-5H3,(H,19,20). The Hall–Kier alpha value is -0.810. The van der Waals surface area contributed by atoms with Crippen LogP contribution in [0.3, 0.4) is 0 Å². The molecule has 1 heterocycles. The maximum atomic E-state index is 11.8. The van der Waals surface area contributed by atoms with E-state index in [-0.39, 0.29) is 12.1 Å². The van der Waals surface area contributed by atoms with Crippen LogP contribution in [0.5, 0.6) is 0 Å². The second-order valence-electron chi connectivity index (χ2n) is 7.70. The minimum absolute atomic E-state index is 0.273. The Morgan fingerprint density at radius 1 is 1.36 bits per heavy atom. The Kier molecular flexibility index (Phi) is 8.18. The van der Waals surface area contributed by atoms with Crippen LogP contribution in [0.2, 0.25) is 0 Å². The summed E-state index contributed by atoms with van der Waals surface area (Å²) in [5.41, 5.74) is -0.454. The lowest BCUT2D eigenvalue weighted by molar-refractivity contribution is 0.0497. The summed E-state index contributed by atoms with van der Waals surface area (Å²) < 4.78 is 10.8. The van der Waals surface area contributed by atoms with Crippen molar-refractivity contribution >= 4 is 6.09 Å². The number of carbonyl (C=O) groups is 1. The monoisotopic (exact) mass is 314 g/mol. The van der Waals surface area contributed by atoms with Gasteiger partial charge in [0.25, 0.3) is 0 Å². The molecule has 2 atom stereocenters. The van der Waals surface area contributed by atoms with Crippen LogP contribution in [0.4, 0.5) is 4.79 Å². The predicted octanol–water partition coefficient (Wildman–Crippen LogP) is 2.94. The van der Waals surface area contributed by atoms with E-state index in [0.29, 0.717) is 18.4 Å². The van der Waals surface area contributed by atoms with Crippen LogP contribution in [-0.2, 0) is 9.47 Å². The average Bonchev–Trinajstić information content (AvgIpc) is 2.40. The van der Waals surface area contributed by atoms with Gasteiger partial charge in [-0.1, -0.05) is 13.8 Å². The minimum atomic E-state index is -0.454. The van der Waals surface area contributed by atoms with E-state index in [2.05, 4.69) is 24.5 Å². The van der Waals surface area contributed by atoms with Crippen molar-refractivity contribution in [2.75, 3.05) is 26.3 Å². The zero-order valence-corrected chi connectivity index (χ0v) is 14.9. The number of hydrogen-bond acceptors (Lipinski definition) is 4. The molecule has 0 aromatic heterocycles. The first-order valence-corrected chi connectivity index (χ1v) is 8.54. The molecule has 1 aliphatic rings. The Morgan fingerprint density at radius 2 is 2.09 bits per heavy atom. The molecule has 1 aliphatic heterocycles. The normalized spacial score (nSPS) is 20.7. The van der Waals surface area contributed by atoms with E-state index in [9.17, 15) is 4.79 Å². The number of ether oxygens (including phenoxy) is 2. The lowest BCUT2D eigenvalue weighted by Crippen LogP contribution is -2.45. The van der Waals surface area contributed by atoms with Gasteiger partial charge in [0.2, 0.25) is 0 Å². The van der Waals surface area contributed by atoms with Gasteiger partial charge in [0.15, 0.2) is 0 Å². The van der Waals surface area contributed by atoms with E-state index in [0.717, 1.165) is 32.6 Å². The molecular weight excluding hydrogens is 280 g/mol. The SMILES string of the molecule is CC(C)CC(CNC(=O)OC(C)(C)C)NCC1CCCOC1. The van der Waals surface area contributed by atoms with Gasteiger partial charge >= 0.3 is 6.09 Å². The lowest BCUT2D eigenvalue weighted by Gasteiger charge is -2.27. The van der Waals surface area contributed by atoms with Crippen molar-refractivity contribution in [3.05, 3.63) is 0 Å². The van der Waals surface area contributed by atoms with Crippen molar-refractivity contribution in [2.45, 2.75) is 65.5 Å². The van der Waals surface area contributed by atoms with Gasteiger partial charge in [-0.2, -0.15) is 0 Å². The molecule has 0 aliphatic carbocycles. The Labute approximate surface area is 135 Å². The molecule has 0 bridgehead atoms. The molecule has 0 radical (unpaired) electrons. The first-order valence-electron chi connectivity index (χ1n) is 8.54. The van der Waals surface area contributed by atoms with Crippen molar-refractivity contribution in [2.24, 2.45) is 11.8 Å². The zero-order chi connectivity index (χ0) is 16.6. The molecule has 1 amide bonds. The van der Waals surface area contributed by atoms with Crippen LogP contribution >= 0.6 is 0 Å². The molecule has 0 saturated carbocycles. The van der Waals surface area contributed by atoms with Crippen LogP contribution < -0.4 is 10.6 Å². The maximum Gasteiger partial charge on any atom is 0.407 e. The van der Waals surface area contributed by atoms with E-state index >= 15 is 0 Å². The van der Waals surface area contributed by atoms with Gasteiger partial charge in [0.1, 0.15) is 5.60 Å². The lowest BCUT2D eigenvalue weighted by atomic mass is 10.00. The smallest absolute Gasteiger partial charge is 0.407 e. The first kappa shape index (κ1) is 19.2. The van der Waals surface area contributed by atoms with Crippen molar-refractivity contribution in [3.8, 4) is 0 Å². The fourth-order valence-electron chi connectivity index (χ4n) is 2.63. The fourth-order valence-corrected chi connectivity index (χ4v) is 2.63. The summed E-state index contributed by atoms with van der Waals surface area (Å²) >= 11 is 0. The van der Waals surface area contributed by atoms with Gasteiger partial charge in [-0.3, -0.25) is 0 Å². The number of hydrogen-bond donors (Lipinski definition) is 2. The van der Waals surface area contributed by atoms with Gasteiger partial charge in [-0.05, 0) is 51.9 Å². The number of alkyl carbamates (subject to hydrolysis) is 1. The van der Waals surface area contributed by atoms with Crippen molar-refractivity contribution in [1.29, 1.82) is 0 Å². The van der Waals surface area contributed by atoms with Crippen LogP contribution in [0.25, 0.3) is 0 Å². The number of rotatable bonds is 7. The van der Waals surface area contributed by atoms with E-state index < -0.39 is 5.60 Å². The van der Waals surface area contributed by atoms with Crippen LogP contribution in [0.1, 0.15) is 53.9 Å². The molecule has 0 aromatic rings. The summed E-state index contributed by atoms with van der Waals surface area (Å²) in [6.45, 7) is 13.3. The third-order valence-electron chi connectivity index (χ3n) is 3.60. The molecule has 0 spiro atoms. The summed E-state index contributed by atoms with van der Waals surface area (Å²) in [4.78, 5) is 11.8. The van der Waals surface area contributed by atoms with Crippen LogP contribution in [0, 0.1) is 11.8 Å². The highest BCUT2D eigenvalue weighted by molar-refractivity contribution is 5.67. The number of carbonyl (C=O) groups excluding carboxylic acids is 1. The molecule has 2 N–H and O–H groups in total. The Morgan fingerprint density at radius 3 is 2.64 bits per heavy atom. The highest BCUT2D eigenvalue weighted by atomic mass is 16.6. The third-order valence-corrected chi connectivity index (χ3v) is 3.60. The second kappa shape index (κ2) is 9.36.